The van der Waals surface area contributed by atoms with Crippen LogP contribution in [0.25, 0.3) is 0 Å². The third kappa shape index (κ3) is 4.97. The number of oxazole rings is 1. The summed E-state index contributed by atoms with van der Waals surface area (Å²) in [6, 6.07) is 6.68. The largest absolute Gasteiger partial charge is 0.446 e. The molecule has 0 saturated carbocycles. The molecule has 2 N–H and O–H groups in total. The highest BCUT2D eigenvalue weighted by Crippen LogP contribution is 2.23. The van der Waals surface area contributed by atoms with Gasteiger partial charge < -0.3 is 15.1 Å². The van der Waals surface area contributed by atoms with E-state index in [1.54, 1.807) is 6.07 Å². The van der Waals surface area contributed by atoms with Gasteiger partial charge in [0.2, 0.25) is 5.89 Å². The normalized spacial score (nSPS) is 11.9. The summed E-state index contributed by atoms with van der Waals surface area (Å²) in [6.07, 6.45) is 3.97. The Morgan fingerprint density at radius 3 is 2.62 bits per heavy atom. The lowest BCUT2D eigenvalue weighted by Crippen LogP contribution is -2.32. The van der Waals surface area contributed by atoms with E-state index in [0.29, 0.717) is 5.02 Å². The van der Waals surface area contributed by atoms with Crippen molar-refractivity contribution in [2.75, 3.05) is 5.32 Å². The summed E-state index contributed by atoms with van der Waals surface area (Å²) < 4.78 is 19.1. The molecule has 0 radical (unpaired) electrons. The number of para-hydroxylation sites is 1. The van der Waals surface area contributed by atoms with Crippen LogP contribution in [-0.4, -0.2) is 21.8 Å². The molecule has 2 heterocycles. The molecule has 0 bridgehead atoms. The quantitative estimate of drug-likeness (QED) is 0.626. The lowest BCUT2D eigenvalue weighted by molar-refractivity contribution is 0.0916. The molecule has 3 aromatic rings. The van der Waals surface area contributed by atoms with Gasteiger partial charge >= 0.3 is 0 Å². The first-order chi connectivity index (χ1) is 13.8. The molecule has 0 saturated heterocycles. The Morgan fingerprint density at radius 1 is 1.17 bits per heavy atom. The summed E-state index contributed by atoms with van der Waals surface area (Å²) >= 11 is 5.88. The number of halogens is 2. The Labute approximate surface area is 171 Å². The molecule has 0 aliphatic heterocycles. The molecule has 7 nitrogen and oxygen atoms in total. The molecule has 0 aliphatic carbocycles. The van der Waals surface area contributed by atoms with Crippen LogP contribution in [0.2, 0.25) is 5.02 Å². The summed E-state index contributed by atoms with van der Waals surface area (Å²) in [5, 5.41) is 5.57. The maximum atomic E-state index is 13.7. The van der Waals surface area contributed by atoms with E-state index in [0.717, 1.165) is 6.26 Å². The first-order valence-corrected chi connectivity index (χ1v) is 9.15. The number of hydrogen-bond acceptors (Lipinski definition) is 5. The standard InChI is InChI=1S/C20H18ClFN4O3/c1-11(2)17(26-18(27)12-7-13(21)9-23-8-12)20-25-16(10-29-20)19(28)24-15-6-4-3-5-14(15)22/h3-11,17H,1-2H3,(H,24,28)(H,26,27)/t17-/m1/s1. The number of benzene rings is 1. The predicted octanol–water partition coefficient (Wildman–Crippen LogP) is 4.24. The minimum atomic E-state index is -0.627. The van der Waals surface area contributed by atoms with Gasteiger partial charge in [0, 0.05) is 12.4 Å². The van der Waals surface area contributed by atoms with Gasteiger partial charge in [0.1, 0.15) is 18.1 Å². The number of nitrogens with zero attached hydrogens (tertiary/aromatic N) is 2. The minimum absolute atomic E-state index is 0.0317. The number of anilines is 1. The monoisotopic (exact) mass is 416 g/mol. The zero-order chi connectivity index (χ0) is 21.0. The SMILES string of the molecule is CC(C)[C@@H](NC(=O)c1cncc(Cl)c1)c1nc(C(=O)Nc2ccccc2F)co1. The molecule has 0 unspecified atom stereocenters. The number of aromatic nitrogens is 2. The van der Waals surface area contributed by atoms with Crippen molar-refractivity contribution in [3.8, 4) is 0 Å². The third-order valence-electron chi connectivity index (χ3n) is 4.06. The van der Waals surface area contributed by atoms with Crippen LogP contribution in [0.5, 0.6) is 0 Å². The number of pyridine rings is 1. The van der Waals surface area contributed by atoms with Crippen LogP contribution in [0.4, 0.5) is 10.1 Å². The third-order valence-corrected chi connectivity index (χ3v) is 4.27. The fourth-order valence-corrected chi connectivity index (χ4v) is 2.73. The highest BCUT2D eigenvalue weighted by molar-refractivity contribution is 6.30. The number of hydrogen-bond donors (Lipinski definition) is 2. The van der Waals surface area contributed by atoms with Gasteiger partial charge in [-0.1, -0.05) is 37.6 Å². The average Bonchev–Trinajstić information content (AvgIpc) is 3.17. The number of carbonyl (C=O) groups is 2. The zero-order valence-corrected chi connectivity index (χ0v) is 16.4. The molecule has 1 atom stereocenters. The van der Waals surface area contributed by atoms with Crippen LogP contribution < -0.4 is 10.6 Å². The van der Waals surface area contributed by atoms with Gasteiger partial charge in [0.05, 0.1) is 16.3 Å². The molecular weight excluding hydrogens is 399 g/mol. The van der Waals surface area contributed by atoms with Crippen LogP contribution in [0.15, 0.2) is 53.4 Å². The van der Waals surface area contributed by atoms with Crippen LogP contribution in [0.3, 0.4) is 0 Å². The van der Waals surface area contributed by atoms with Crippen molar-refractivity contribution >= 4 is 29.1 Å². The molecule has 0 fully saturated rings. The maximum Gasteiger partial charge on any atom is 0.277 e. The van der Waals surface area contributed by atoms with Gasteiger partial charge in [-0.05, 0) is 24.1 Å². The van der Waals surface area contributed by atoms with Crippen LogP contribution in [0, 0.1) is 11.7 Å². The van der Waals surface area contributed by atoms with Gasteiger partial charge in [-0.2, -0.15) is 0 Å². The topological polar surface area (TPSA) is 97.1 Å². The summed E-state index contributed by atoms with van der Waals surface area (Å²) in [5.41, 5.74) is 0.281. The van der Waals surface area contributed by atoms with Crippen LogP contribution >= 0.6 is 11.6 Å². The Morgan fingerprint density at radius 2 is 1.93 bits per heavy atom. The molecule has 0 aliphatic rings. The smallest absolute Gasteiger partial charge is 0.277 e. The van der Waals surface area contributed by atoms with E-state index in [2.05, 4.69) is 20.6 Å². The van der Waals surface area contributed by atoms with Crippen molar-refractivity contribution in [3.63, 3.8) is 0 Å². The lowest BCUT2D eigenvalue weighted by Gasteiger charge is -2.19. The molecule has 1 aromatic carbocycles. The lowest BCUT2D eigenvalue weighted by atomic mass is 10.0. The number of rotatable bonds is 6. The van der Waals surface area contributed by atoms with Crippen molar-refractivity contribution in [2.45, 2.75) is 19.9 Å². The van der Waals surface area contributed by atoms with Crippen molar-refractivity contribution < 1.29 is 18.4 Å². The van der Waals surface area contributed by atoms with E-state index in [-0.39, 0.29) is 28.8 Å². The zero-order valence-electron chi connectivity index (χ0n) is 15.6. The fourth-order valence-electron chi connectivity index (χ4n) is 2.56. The second-order valence-corrected chi connectivity index (χ2v) is 7.03. The van der Waals surface area contributed by atoms with Gasteiger partial charge in [-0.3, -0.25) is 14.6 Å². The second kappa shape index (κ2) is 8.83. The van der Waals surface area contributed by atoms with E-state index in [9.17, 15) is 14.0 Å². The number of amides is 2. The van der Waals surface area contributed by atoms with Gasteiger partial charge in [0.25, 0.3) is 11.8 Å². The Balaban J connectivity index is 1.76. The Kier molecular flexibility index (Phi) is 6.23. The summed E-state index contributed by atoms with van der Waals surface area (Å²) in [6.45, 7) is 3.73. The van der Waals surface area contributed by atoms with Crippen molar-refractivity contribution in [1.29, 1.82) is 0 Å². The van der Waals surface area contributed by atoms with E-state index in [1.807, 2.05) is 13.8 Å². The van der Waals surface area contributed by atoms with Crippen LogP contribution in [-0.2, 0) is 0 Å². The van der Waals surface area contributed by atoms with E-state index < -0.39 is 23.7 Å². The molecular formula is C20H18ClFN4O3. The molecule has 3 rings (SSSR count). The van der Waals surface area contributed by atoms with Crippen molar-refractivity contribution in [2.24, 2.45) is 5.92 Å². The average molecular weight is 417 g/mol. The van der Waals surface area contributed by atoms with E-state index in [1.165, 1.54) is 36.7 Å². The number of carbonyl (C=O) groups excluding carboxylic acids is 2. The first kappa shape index (κ1) is 20.5. The van der Waals surface area contributed by atoms with Gasteiger partial charge in [-0.15, -0.1) is 0 Å². The minimum Gasteiger partial charge on any atom is -0.446 e. The van der Waals surface area contributed by atoms with Crippen molar-refractivity contribution in [1.82, 2.24) is 15.3 Å². The first-order valence-electron chi connectivity index (χ1n) is 8.78. The van der Waals surface area contributed by atoms with Gasteiger partial charge in [0.15, 0.2) is 5.69 Å². The summed E-state index contributed by atoms with van der Waals surface area (Å²) in [5.74, 6) is -1.53. The Hall–Kier alpha value is -3.26. The molecule has 150 valence electrons. The van der Waals surface area contributed by atoms with Crippen LogP contribution in [0.1, 0.15) is 46.6 Å². The second-order valence-electron chi connectivity index (χ2n) is 6.59. The highest BCUT2D eigenvalue weighted by Gasteiger charge is 2.25. The molecule has 0 spiro atoms. The highest BCUT2D eigenvalue weighted by atomic mass is 35.5. The predicted molar refractivity (Wildman–Crippen MR) is 105 cm³/mol. The van der Waals surface area contributed by atoms with Gasteiger partial charge in [-0.25, -0.2) is 9.37 Å². The van der Waals surface area contributed by atoms with E-state index in [4.69, 9.17) is 16.0 Å². The summed E-state index contributed by atoms with van der Waals surface area (Å²) in [4.78, 5) is 32.9. The molecule has 2 amide bonds. The summed E-state index contributed by atoms with van der Waals surface area (Å²) in [7, 11) is 0. The Bertz CT molecular complexity index is 1040. The van der Waals surface area contributed by atoms with E-state index >= 15 is 0 Å². The molecule has 9 heteroatoms. The molecule has 2 aromatic heterocycles. The number of nitrogens with one attached hydrogen (secondary N) is 2. The van der Waals surface area contributed by atoms with Crippen molar-refractivity contribution in [3.05, 3.63) is 77.0 Å². The fraction of sp³-hybridized carbons (Fsp3) is 0.200. The maximum absolute atomic E-state index is 13.7. The molecule has 29 heavy (non-hydrogen) atoms.